The number of carbonyl (C=O) groups is 1. The molecule has 0 saturated carbocycles. The number of alkyl halides is 3. The second kappa shape index (κ2) is 10.7. The Morgan fingerprint density at radius 1 is 1.15 bits per heavy atom. The van der Waals surface area contributed by atoms with Crippen LogP contribution >= 0.6 is 0 Å². The number of carbonyl (C=O) groups excluding carboxylic acids is 1. The lowest BCUT2D eigenvalue weighted by atomic mass is 10.1. The highest BCUT2D eigenvalue weighted by molar-refractivity contribution is 6.01. The highest BCUT2D eigenvalue weighted by atomic mass is 19.4. The number of anilines is 1. The molecular weight excluding hydrogens is 449 g/mol. The summed E-state index contributed by atoms with van der Waals surface area (Å²) in [6.07, 6.45) is -1.16. The molecule has 4 rings (SSSR count). The van der Waals surface area contributed by atoms with Gasteiger partial charge < -0.3 is 20.1 Å². The Kier molecular flexibility index (Phi) is 7.49. The first-order chi connectivity index (χ1) is 16.4. The number of aromatic nitrogens is 1. The fraction of sp³-hybridized carbons (Fsp3) is 0.333. The number of nitrogens with one attached hydrogen (secondary N) is 2. The Bertz CT molecular complexity index is 1130. The number of hydrogen-bond acceptors (Lipinski definition) is 5. The van der Waals surface area contributed by atoms with Gasteiger partial charge in [0.25, 0.3) is 0 Å². The predicted octanol–water partition coefficient (Wildman–Crippen LogP) is 4.29. The van der Waals surface area contributed by atoms with Gasteiger partial charge in [-0.15, -0.1) is 0 Å². The summed E-state index contributed by atoms with van der Waals surface area (Å²) >= 11 is 0. The van der Waals surface area contributed by atoms with Gasteiger partial charge in [-0.25, -0.2) is 4.79 Å². The normalized spacial score (nSPS) is 14.7. The van der Waals surface area contributed by atoms with Crippen molar-refractivity contribution in [3.05, 3.63) is 66.0 Å². The highest BCUT2D eigenvalue weighted by Crippen LogP contribution is 2.33. The van der Waals surface area contributed by atoms with Crippen LogP contribution < -0.4 is 15.4 Å². The van der Waals surface area contributed by atoms with Crippen molar-refractivity contribution in [2.24, 2.45) is 0 Å². The molecule has 1 aliphatic heterocycles. The molecule has 2 amide bonds. The third-order valence-electron chi connectivity index (χ3n) is 5.53. The summed E-state index contributed by atoms with van der Waals surface area (Å²) < 4.78 is 50.7. The molecule has 3 aromatic rings. The standard InChI is InChI=1S/C24H25F3N4O3/c25-24(26,27)19-5-4-18(22(14-19)34-13-10-31-8-11-33-12-9-31)16-29-23(32)30-21-3-1-2-17-15-28-7-6-20(17)21/h1-7,14-15H,8-13,16H2,(H2,29,30,32). The van der Waals surface area contributed by atoms with Crippen molar-refractivity contribution >= 4 is 22.5 Å². The fourth-order valence-electron chi connectivity index (χ4n) is 3.69. The molecule has 0 bridgehead atoms. The zero-order valence-electron chi connectivity index (χ0n) is 18.4. The zero-order valence-corrected chi connectivity index (χ0v) is 18.4. The van der Waals surface area contributed by atoms with E-state index < -0.39 is 17.8 Å². The first kappa shape index (κ1) is 23.8. The molecule has 7 nitrogen and oxygen atoms in total. The number of urea groups is 1. The smallest absolute Gasteiger partial charge is 0.416 e. The van der Waals surface area contributed by atoms with Gasteiger partial charge in [0.2, 0.25) is 0 Å². The molecule has 10 heteroatoms. The Morgan fingerprint density at radius 3 is 2.76 bits per heavy atom. The summed E-state index contributed by atoms with van der Waals surface area (Å²) in [5.41, 5.74) is 0.255. The Hall–Kier alpha value is -3.37. The van der Waals surface area contributed by atoms with E-state index >= 15 is 0 Å². The molecule has 0 spiro atoms. The maximum absolute atomic E-state index is 13.2. The van der Waals surface area contributed by atoms with Crippen molar-refractivity contribution in [3.8, 4) is 5.75 Å². The Labute approximate surface area is 194 Å². The lowest BCUT2D eigenvalue weighted by Gasteiger charge is -2.26. The molecule has 1 saturated heterocycles. The van der Waals surface area contributed by atoms with E-state index in [1.165, 1.54) is 6.07 Å². The molecule has 1 fully saturated rings. The van der Waals surface area contributed by atoms with Gasteiger partial charge in [0, 0.05) is 54.9 Å². The minimum atomic E-state index is -4.49. The van der Waals surface area contributed by atoms with Gasteiger partial charge in [-0.2, -0.15) is 13.2 Å². The minimum Gasteiger partial charge on any atom is -0.492 e. The molecule has 0 atom stereocenters. The lowest BCUT2D eigenvalue weighted by Crippen LogP contribution is -2.38. The van der Waals surface area contributed by atoms with Crippen LogP contribution in [0.15, 0.2) is 54.9 Å². The van der Waals surface area contributed by atoms with Crippen LogP contribution in [0.25, 0.3) is 10.8 Å². The largest absolute Gasteiger partial charge is 0.492 e. The number of ether oxygens (including phenoxy) is 2. The Morgan fingerprint density at radius 2 is 1.97 bits per heavy atom. The number of nitrogens with zero attached hydrogens (tertiary/aromatic N) is 2. The van der Waals surface area contributed by atoms with E-state index in [9.17, 15) is 18.0 Å². The van der Waals surface area contributed by atoms with Crippen LogP contribution in [0.4, 0.5) is 23.7 Å². The molecule has 2 aromatic carbocycles. The highest BCUT2D eigenvalue weighted by Gasteiger charge is 2.31. The number of pyridine rings is 1. The lowest BCUT2D eigenvalue weighted by molar-refractivity contribution is -0.137. The number of fused-ring (bicyclic) bond motifs is 1. The number of rotatable bonds is 7. The molecule has 34 heavy (non-hydrogen) atoms. The average Bonchev–Trinajstić information content (AvgIpc) is 2.83. The van der Waals surface area contributed by atoms with Gasteiger partial charge in [-0.05, 0) is 24.3 Å². The van der Waals surface area contributed by atoms with Gasteiger partial charge in [0.15, 0.2) is 0 Å². The van der Waals surface area contributed by atoms with Crippen molar-refractivity contribution in [1.82, 2.24) is 15.2 Å². The summed E-state index contributed by atoms with van der Waals surface area (Å²) in [4.78, 5) is 18.7. The first-order valence-corrected chi connectivity index (χ1v) is 10.9. The van der Waals surface area contributed by atoms with E-state index in [1.807, 2.05) is 6.07 Å². The third kappa shape index (κ3) is 6.15. The van der Waals surface area contributed by atoms with E-state index in [1.54, 1.807) is 30.6 Å². The van der Waals surface area contributed by atoms with Crippen LogP contribution in [-0.4, -0.2) is 55.4 Å². The van der Waals surface area contributed by atoms with Gasteiger partial charge in [0.05, 0.1) is 24.5 Å². The van der Waals surface area contributed by atoms with Crippen LogP contribution in [-0.2, 0) is 17.5 Å². The van der Waals surface area contributed by atoms with Gasteiger partial charge in [-0.3, -0.25) is 9.88 Å². The number of halogens is 3. The minimum absolute atomic E-state index is 0.00315. The summed E-state index contributed by atoms with van der Waals surface area (Å²) in [5.74, 6) is 0.0969. The predicted molar refractivity (Wildman–Crippen MR) is 122 cm³/mol. The van der Waals surface area contributed by atoms with Gasteiger partial charge in [0.1, 0.15) is 12.4 Å². The number of benzene rings is 2. The second-order valence-electron chi connectivity index (χ2n) is 7.83. The Balaban J connectivity index is 1.41. The molecule has 0 unspecified atom stereocenters. The molecule has 2 heterocycles. The topological polar surface area (TPSA) is 75.7 Å². The van der Waals surface area contributed by atoms with Crippen molar-refractivity contribution < 1.29 is 27.4 Å². The molecule has 1 aromatic heterocycles. The monoisotopic (exact) mass is 474 g/mol. The molecule has 0 radical (unpaired) electrons. The van der Waals surface area contributed by atoms with Crippen LogP contribution in [0.3, 0.4) is 0 Å². The molecule has 2 N–H and O–H groups in total. The summed E-state index contributed by atoms with van der Waals surface area (Å²) in [6, 6.07) is 10.1. The van der Waals surface area contributed by atoms with Crippen LogP contribution in [0.1, 0.15) is 11.1 Å². The quantitative estimate of drug-likeness (QED) is 0.535. The van der Waals surface area contributed by atoms with Crippen LogP contribution in [0.2, 0.25) is 0 Å². The van der Waals surface area contributed by atoms with E-state index in [0.29, 0.717) is 31.0 Å². The second-order valence-corrected chi connectivity index (χ2v) is 7.83. The van der Waals surface area contributed by atoms with Crippen molar-refractivity contribution in [3.63, 3.8) is 0 Å². The molecule has 180 valence electrons. The number of morpholine rings is 1. The summed E-state index contributed by atoms with van der Waals surface area (Å²) in [6.45, 7) is 3.56. The van der Waals surface area contributed by atoms with E-state index in [4.69, 9.17) is 9.47 Å². The summed E-state index contributed by atoms with van der Waals surface area (Å²) in [5, 5.41) is 7.18. The van der Waals surface area contributed by atoms with E-state index in [-0.39, 0.29) is 18.9 Å². The van der Waals surface area contributed by atoms with Gasteiger partial charge in [-0.1, -0.05) is 18.2 Å². The van der Waals surface area contributed by atoms with E-state index in [2.05, 4.69) is 20.5 Å². The maximum atomic E-state index is 13.2. The SMILES string of the molecule is O=C(NCc1ccc(C(F)(F)F)cc1OCCN1CCOCC1)Nc1cccc2cnccc12. The van der Waals surface area contributed by atoms with Crippen LogP contribution in [0.5, 0.6) is 5.75 Å². The zero-order chi connectivity index (χ0) is 24.0. The maximum Gasteiger partial charge on any atom is 0.416 e. The average molecular weight is 474 g/mol. The van der Waals surface area contributed by atoms with E-state index in [0.717, 1.165) is 36.0 Å². The third-order valence-corrected chi connectivity index (χ3v) is 5.53. The molecule has 1 aliphatic rings. The first-order valence-electron chi connectivity index (χ1n) is 10.9. The number of amides is 2. The van der Waals surface area contributed by atoms with Crippen LogP contribution in [0, 0.1) is 0 Å². The number of hydrogen-bond donors (Lipinski definition) is 2. The van der Waals surface area contributed by atoms with Crippen molar-refractivity contribution in [1.29, 1.82) is 0 Å². The van der Waals surface area contributed by atoms with Gasteiger partial charge >= 0.3 is 12.2 Å². The molecular formula is C24H25F3N4O3. The van der Waals surface area contributed by atoms with Crippen molar-refractivity contribution in [2.45, 2.75) is 12.7 Å². The van der Waals surface area contributed by atoms with Crippen molar-refractivity contribution in [2.75, 3.05) is 44.8 Å². The summed E-state index contributed by atoms with van der Waals surface area (Å²) in [7, 11) is 0. The fourth-order valence-corrected chi connectivity index (χ4v) is 3.69. The molecule has 0 aliphatic carbocycles.